The normalized spacial score (nSPS) is 17.9. The van der Waals surface area contributed by atoms with Crippen molar-refractivity contribution in [2.45, 2.75) is 24.2 Å². The number of thiazole rings is 1. The number of aliphatic hydroxyl groups is 1. The lowest BCUT2D eigenvalue weighted by Gasteiger charge is -2.40. The van der Waals surface area contributed by atoms with Crippen LogP contribution in [0, 0.1) is 5.82 Å². The predicted molar refractivity (Wildman–Crippen MR) is 129 cm³/mol. The van der Waals surface area contributed by atoms with Crippen molar-refractivity contribution < 1.29 is 37.0 Å². The molecule has 1 fully saturated rings. The number of alkyl halides is 3. The summed E-state index contributed by atoms with van der Waals surface area (Å²) in [7, 11) is 0. The molecule has 4 rings (SSSR count). The van der Waals surface area contributed by atoms with Gasteiger partial charge in [-0.05, 0) is 42.0 Å². The van der Waals surface area contributed by atoms with Crippen molar-refractivity contribution >= 4 is 44.3 Å². The molecule has 14 heteroatoms. The molecular weight excluding hydrogens is 518 g/mol. The molecule has 3 amide bonds. The van der Waals surface area contributed by atoms with E-state index < -0.39 is 48.5 Å². The molecule has 1 aliphatic rings. The van der Waals surface area contributed by atoms with Crippen LogP contribution in [0.5, 0.6) is 0 Å². The molecule has 1 saturated heterocycles. The molecule has 198 valence electrons. The molecule has 0 spiro atoms. The fraction of sp³-hybridized carbons (Fsp3) is 0.348. The highest BCUT2D eigenvalue weighted by Crippen LogP contribution is 2.39. The molecule has 1 unspecified atom stereocenters. The largest absolute Gasteiger partial charge is 0.404 e. The zero-order valence-electron chi connectivity index (χ0n) is 19.2. The number of rotatable bonds is 6. The fourth-order valence-electron chi connectivity index (χ4n) is 3.98. The van der Waals surface area contributed by atoms with Gasteiger partial charge in [-0.25, -0.2) is 14.2 Å². The van der Waals surface area contributed by atoms with Crippen LogP contribution in [0.25, 0.3) is 10.2 Å². The number of aromatic nitrogens is 1. The van der Waals surface area contributed by atoms with E-state index in [1.54, 1.807) is 0 Å². The van der Waals surface area contributed by atoms with Crippen molar-refractivity contribution in [3.05, 3.63) is 53.8 Å². The number of hydrogen-bond donors (Lipinski definition) is 4. The summed E-state index contributed by atoms with van der Waals surface area (Å²) in [5, 5.41) is 14.5. The molecule has 9 nitrogen and oxygen atoms in total. The van der Waals surface area contributed by atoms with Gasteiger partial charge >= 0.3 is 12.2 Å². The Bertz CT molecular complexity index is 1270. The first kappa shape index (κ1) is 26.7. The second-order valence-electron chi connectivity index (χ2n) is 8.33. The minimum absolute atomic E-state index is 0.0495. The highest BCUT2D eigenvalue weighted by molar-refractivity contribution is 7.22. The number of nitrogens with two attached hydrogens (primary N) is 1. The quantitative estimate of drug-likeness (QED) is 0.355. The summed E-state index contributed by atoms with van der Waals surface area (Å²) in [5.41, 5.74) is 6.19. The summed E-state index contributed by atoms with van der Waals surface area (Å²) in [6, 6.07) is 6.25. The molecule has 0 bridgehead atoms. The standard InChI is InChI=1S/C23H23F4N5O4S/c24-13-2-4-14(5-3-13)29-21(35)31-22-30-16-6-1-12(9-18(16)37-22)19(23(25,26)27)20(34)32-7-8-36-11-17(32)15(28)10-33/h1-6,9,15,17,19,33H,7-8,10-11,28H2,(H2,29,30,31,35)/t15-,17+,19?/m0/s1. The van der Waals surface area contributed by atoms with Crippen molar-refractivity contribution in [3.63, 3.8) is 0 Å². The zero-order valence-corrected chi connectivity index (χ0v) is 20.0. The maximum atomic E-state index is 14.2. The van der Waals surface area contributed by atoms with E-state index in [9.17, 15) is 32.3 Å². The van der Waals surface area contributed by atoms with Crippen LogP contribution in [0.3, 0.4) is 0 Å². The van der Waals surface area contributed by atoms with Gasteiger partial charge in [-0.1, -0.05) is 17.4 Å². The summed E-state index contributed by atoms with van der Waals surface area (Å²) in [6.45, 7) is -0.648. The van der Waals surface area contributed by atoms with E-state index in [1.807, 2.05) is 0 Å². The van der Waals surface area contributed by atoms with Crippen molar-refractivity contribution in [1.29, 1.82) is 0 Å². The SMILES string of the molecule is N[C@@H](CO)[C@H]1COCCN1C(=O)C(c1ccc2nc(NC(=O)Nc3ccc(F)cc3)sc2c1)C(F)(F)F. The lowest BCUT2D eigenvalue weighted by Crippen LogP contribution is -2.59. The Labute approximate surface area is 212 Å². The fourth-order valence-corrected chi connectivity index (χ4v) is 4.89. The van der Waals surface area contributed by atoms with Gasteiger partial charge in [0.15, 0.2) is 11.0 Å². The summed E-state index contributed by atoms with van der Waals surface area (Å²) in [4.78, 5) is 30.6. The number of hydrogen-bond acceptors (Lipinski definition) is 7. The Morgan fingerprint density at radius 1 is 1.22 bits per heavy atom. The number of carbonyl (C=O) groups is 2. The molecule has 0 radical (unpaired) electrons. The monoisotopic (exact) mass is 541 g/mol. The third-order valence-electron chi connectivity index (χ3n) is 5.80. The summed E-state index contributed by atoms with van der Waals surface area (Å²) >= 11 is 0.929. The van der Waals surface area contributed by atoms with Crippen LogP contribution in [-0.4, -0.2) is 71.6 Å². The zero-order chi connectivity index (χ0) is 26.7. The average Bonchev–Trinajstić information content (AvgIpc) is 3.25. The van der Waals surface area contributed by atoms with Crippen molar-refractivity contribution in [3.8, 4) is 0 Å². The van der Waals surface area contributed by atoms with E-state index in [4.69, 9.17) is 10.5 Å². The first-order chi connectivity index (χ1) is 17.6. The molecular formula is C23H23F4N5O4S. The van der Waals surface area contributed by atoms with Gasteiger partial charge in [-0.15, -0.1) is 0 Å². The van der Waals surface area contributed by atoms with E-state index in [1.165, 1.54) is 42.5 Å². The number of fused-ring (bicyclic) bond motifs is 1. The summed E-state index contributed by atoms with van der Waals surface area (Å²) in [6.07, 6.45) is -4.91. The van der Waals surface area contributed by atoms with Gasteiger partial charge < -0.3 is 25.8 Å². The third-order valence-corrected chi connectivity index (χ3v) is 6.73. The second kappa shape index (κ2) is 11.0. The number of amides is 3. The lowest BCUT2D eigenvalue weighted by atomic mass is 9.95. The topological polar surface area (TPSA) is 130 Å². The first-order valence-electron chi connectivity index (χ1n) is 11.1. The van der Waals surface area contributed by atoms with Gasteiger partial charge in [0.25, 0.3) is 0 Å². The van der Waals surface area contributed by atoms with Gasteiger partial charge in [0.2, 0.25) is 5.91 Å². The van der Waals surface area contributed by atoms with E-state index in [-0.39, 0.29) is 30.5 Å². The number of ether oxygens (including phenoxy) is 1. The molecule has 2 heterocycles. The molecule has 0 saturated carbocycles. The minimum Gasteiger partial charge on any atom is -0.395 e. The number of benzene rings is 2. The van der Waals surface area contributed by atoms with Crippen LogP contribution in [0.1, 0.15) is 11.5 Å². The molecule has 0 aliphatic carbocycles. The predicted octanol–water partition coefficient (Wildman–Crippen LogP) is 3.27. The first-order valence-corrected chi connectivity index (χ1v) is 11.9. The van der Waals surface area contributed by atoms with Crippen LogP contribution >= 0.6 is 11.3 Å². The van der Waals surface area contributed by atoms with E-state index in [2.05, 4.69) is 15.6 Å². The number of urea groups is 1. The highest BCUT2D eigenvalue weighted by atomic mass is 32.1. The molecule has 3 atom stereocenters. The molecule has 37 heavy (non-hydrogen) atoms. The van der Waals surface area contributed by atoms with Crippen LogP contribution in [0.2, 0.25) is 0 Å². The van der Waals surface area contributed by atoms with Crippen LogP contribution in [0.4, 0.5) is 33.2 Å². The molecule has 2 aromatic carbocycles. The van der Waals surface area contributed by atoms with E-state index >= 15 is 0 Å². The Kier molecular flexibility index (Phi) is 7.92. The van der Waals surface area contributed by atoms with Crippen LogP contribution in [0.15, 0.2) is 42.5 Å². The van der Waals surface area contributed by atoms with Gasteiger partial charge in [-0.2, -0.15) is 13.2 Å². The van der Waals surface area contributed by atoms with Crippen molar-refractivity contribution in [1.82, 2.24) is 9.88 Å². The van der Waals surface area contributed by atoms with Crippen LogP contribution < -0.4 is 16.4 Å². The Balaban J connectivity index is 1.56. The van der Waals surface area contributed by atoms with Crippen LogP contribution in [-0.2, 0) is 9.53 Å². The van der Waals surface area contributed by atoms with Gasteiger partial charge in [0.05, 0.1) is 42.1 Å². The molecule has 1 aromatic heterocycles. The average molecular weight is 542 g/mol. The van der Waals surface area contributed by atoms with E-state index in [0.717, 1.165) is 16.2 Å². The number of morpholine rings is 1. The third kappa shape index (κ3) is 6.15. The molecule has 5 N–H and O–H groups in total. The smallest absolute Gasteiger partial charge is 0.395 e. The Morgan fingerprint density at radius 2 is 1.95 bits per heavy atom. The maximum absolute atomic E-state index is 14.2. The minimum atomic E-state index is -4.91. The van der Waals surface area contributed by atoms with Crippen molar-refractivity contribution in [2.24, 2.45) is 5.73 Å². The number of nitrogens with zero attached hydrogens (tertiary/aromatic N) is 2. The van der Waals surface area contributed by atoms with Gasteiger partial charge in [0, 0.05) is 12.2 Å². The Hall–Kier alpha value is -3.33. The summed E-state index contributed by atoms with van der Waals surface area (Å²) in [5.74, 6) is -4.13. The highest BCUT2D eigenvalue weighted by Gasteiger charge is 2.49. The maximum Gasteiger partial charge on any atom is 0.404 e. The van der Waals surface area contributed by atoms with Gasteiger partial charge in [-0.3, -0.25) is 10.1 Å². The number of aliphatic hydroxyl groups excluding tert-OH is 1. The second-order valence-corrected chi connectivity index (χ2v) is 9.36. The van der Waals surface area contributed by atoms with Crippen molar-refractivity contribution in [2.75, 3.05) is 37.0 Å². The number of halogens is 4. The van der Waals surface area contributed by atoms with Gasteiger partial charge in [0.1, 0.15) is 5.82 Å². The molecule has 1 aliphatic heterocycles. The number of carbonyl (C=O) groups excluding carboxylic acids is 2. The van der Waals surface area contributed by atoms with E-state index in [0.29, 0.717) is 15.9 Å². The number of anilines is 2. The lowest BCUT2D eigenvalue weighted by molar-refractivity contribution is -0.177. The Morgan fingerprint density at radius 3 is 2.62 bits per heavy atom. The number of nitrogens with one attached hydrogen (secondary N) is 2. The molecule has 3 aromatic rings. The summed E-state index contributed by atoms with van der Waals surface area (Å²) < 4.78 is 61.1.